The zero-order chi connectivity index (χ0) is 16.2. The van der Waals surface area contributed by atoms with E-state index in [2.05, 4.69) is 10.1 Å². The topological polar surface area (TPSA) is 131 Å². The highest BCUT2D eigenvalue weighted by Crippen LogP contribution is 2.25. The first kappa shape index (κ1) is 17.3. The van der Waals surface area contributed by atoms with Crippen LogP contribution in [0.2, 0.25) is 0 Å². The van der Waals surface area contributed by atoms with Crippen molar-refractivity contribution in [2.24, 2.45) is 5.84 Å². The van der Waals surface area contributed by atoms with Crippen molar-refractivity contribution >= 4 is 21.4 Å². The van der Waals surface area contributed by atoms with Gasteiger partial charge in [-0.15, -0.1) is 0 Å². The van der Waals surface area contributed by atoms with Crippen molar-refractivity contribution in [1.82, 2.24) is 9.62 Å². The Balaban J connectivity index is 3.17. The van der Waals surface area contributed by atoms with Crippen molar-refractivity contribution in [3.05, 3.63) is 28.3 Å². The summed E-state index contributed by atoms with van der Waals surface area (Å²) < 4.78 is 27.1. The number of rotatable bonds is 7. The SMILES string of the molecule is CC(CN(C)C)NS(=O)(=O)c1cc([N+](=O)[O-])ccc1NN. The van der Waals surface area contributed by atoms with Crippen LogP contribution in [0.25, 0.3) is 0 Å². The lowest BCUT2D eigenvalue weighted by Crippen LogP contribution is -2.39. The second kappa shape index (κ2) is 6.80. The van der Waals surface area contributed by atoms with E-state index in [1.165, 1.54) is 12.1 Å². The van der Waals surface area contributed by atoms with Crippen molar-refractivity contribution < 1.29 is 13.3 Å². The monoisotopic (exact) mass is 317 g/mol. The predicted octanol–water partition coefficient (Wildman–Crippen LogP) is 0.109. The van der Waals surface area contributed by atoms with Crippen molar-refractivity contribution in [1.29, 1.82) is 0 Å². The number of anilines is 1. The molecule has 0 aliphatic carbocycles. The third kappa shape index (κ3) is 4.63. The number of nitrogens with one attached hydrogen (secondary N) is 2. The molecule has 21 heavy (non-hydrogen) atoms. The standard InChI is InChI=1S/C11H19N5O4S/c1-8(7-15(2)3)14-21(19,20)11-6-9(16(17)18)4-5-10(11)13-12/h4-6,8,13-14H,7,12H2,1-3H3. The van der Waals surface area contributed by atoms with E-state index in [9.17, 15) is 18.5 Å². The molecule has 0 aromatic heterocycles. The number of nitrogen functional groups attached to an aromatic ring is 1. The van der Waals surface area contributed by atoms with Crippen LogP contribution < -0.4 is 16.0 Å². The van der Waals surface area contributed by atoms with Gasteiger partial charge < -0.3 is 10.3 Å². The number of nitro groups is 1. The van der Waals surface area contributed by atoms with Crippen molar-refractivity contribution in [3.63, 3.8) is 0 Å². The first-order valence-electron chi connectivity index (χ1n) is 6.09. The molecule has 0 radical (unpaired) electrons. The minimum Gasteiger partial charge on any atom is -0.323 e. The third-order valence-electron chi connectivity index (χ3n) is 2.62. The number of non-ortho nitro benzene ring substituents is 1. The molecule has 10 heteroatoms. The quantitative estimate of drug-likeness (QED) is 0.369. The summed E-state index contributed by atoms with van der Waals surface area (Å²) in [5.74, 6) is 5.26. The summed E-state index contributed by atoms with van der Waals surface area (Å²) in [4.78, 5) is 11.7. The summed E-state index contributed by atoms with van der Waals surface area (Å²) in [5, 5.41) is 10.8. The maximum absolute atomic E-state index is 12.3. The Hall–Kier alpha value is -1.75. The van der Waals surface area contributed by atoms with Gasteiger partial charge in [-0.3, -0.25) is 16.0 Å². The highest BCUT2D eigenvalue weighted by Gasteiger charge is 2.24. The van der Waals surface area contributed by atoms with Crippen molar-refractivity contribution in [2.45, 2.75) is 17.9 Å². The van der Waals surface area contributed by atoms with E-state index in [1.54, 1.807) is 6.92 Å². The first-order valence-corrected chi connectivity index (χ1v) is 7.58. The lowest BCUT2D eigenvalue weighted by atomic mass is 10.3. The van der Waals surface area contributed by atoms with E-state index in [-0.39, 0.29) is 22.3 Å². The highest BCUT2D eigenvalue weighted by atomic mass is 32.2. The van der Waals surface area contributed by atoms with E-state index in [0.29, 0.717) is 6.54 Å². The largest absolute Gasteiger partial charge is 0.323 e. The maximum atomic E-state index is 12.3. The Morgan fingerprint density at radius 2 is 2.05 bits per heavy atom. The van der Waals surface area contributed by atoms with Gasteiger partial charge in [-0.25, -0.2) is 13.1 Å². The third-order valence-corrected chi connectivity index (χ3v) is 4.25. The molecule has 0 fully saturated rings. The van der Waals surface area contributed by atoms with Crippen LogP contribution in [0, 0.1) is 10.1 Å². The fourth-order valence-corrected chi connectivity index (χ4v) is 3.30. The van der Waals surface area contributed by atoms with E-state index in [1.807, 2.05) is 19.0 Å². The van der Waals surface area contributed by atoms with Crippen LogP contribution in [0.15, 0.2) is 23.1 Å². The van der Waals surface area contributed by atoms with Gasteiger partial charge in [-0.05, 0) is 27.1 Å². The molecule has 0 heterocycles. The molecule has 0 aliphatic heterocycles. The summed E-state index contributed by atoms with van der Waals surface area (Å²) in [7, 11) is -0.306. The number of nitrogens with zero attached hydrogens (tertiary/aromatic N) is 2. The zero-order valence-corrected chi connectivity index (χ0v) is 12.8. The highest BCUT2D eigenvalue weighted by molar-refractivity contribution is 7.89. The minimum atomic E-state index is -3.93. The molecule has 9 nitrogen and oxygen atoms in total. The number of nitrogens with two attached hydrogens (primary N) is 1. The van der Waals surface area contributed by atoms with Crippen LogP contribution in [0.5, 0.6) is 0 Å². The number of hydrogen-bond acceptors (Lipinski definition) is 7. The molecular formula is C11H19N5O4S. The minimum absolute atomic E-state index is 0.0881. The molecule has 1 atom stereocenters. The van der Waals surface area contributed by atoms with Gasteiger partial charge in [0.2, 0.25) is 10.0 Å². The van der Waals surface area contributed by atoms with Gasteiger partial charge in [0.05, 0.1) is 10.6 Å². The summed E-state index contributed by atoms with van der Waals surface area (Å²) in [6.07, 6.45) is 0. The molecule has 1 unspecified atom stereocenters. The average molecular weight is 317 g/mol. The molecule has 1 rings (SSSR count). The van der Waals surface area contributed by atoms with Gasteiger partial charge >= 0.3 is 0 Å². The Kier molecular flexibility index (Phi) is 5.61. The van der Waals surface area contributed by atoms with Crippen LogP contribution in [0.3, 0.4) is 0 Å². The Labute approximate surface area is 123 Å². The van der Waals surface area contributed by atoms with Gasteiger partial charge in [0.15, 0.2) is 0 Å². The average Bonchev–Trinajstić information content (AvgIpc) is 2.36. The van der Waals surface area contributed by atoms with Gasteiger partial charge in [0.1, 0.15) is 4.90 Å². The molecule has 1 aromatic rings. The van der Waals surface area contributed by atoms with Crippen LogP contribution in [-0.4, -0.2) is 44.9 Å². The second-order valence-corrected chi connectivity index (χ2v) is 6.55. The number of benzene rings is 1. The van der Waals surface area contributed by atoms with Crippen LogP contribution in [0.1, 0.15) is 6.92 Å². The van der Waals surface area contributed by atoms with Gasteiger partial charge in [-0.2, -0.15) is 0 Å². The Morgan fingerprint density at radius 3 is 2.52 bits per heavy atom. The van der Waals surface area contributed by atoms with Gasteiger partial charge in [-0.1, -0.05) is 0 Å². The van der Waals surface area contributed by atoms with Crippen molar-refractivity contribution in [2.75, 3.05) is 26.1 Å². The fraction of sp³-hybridized carbons (Fsp3) is 0.455. The zero-order valence-electron chi connectivity index (χ0n) is 12.0. The molecule has 0 bridgehead atoms. The Bertz CT molecular complexity index is 617. The predicted molar refractivity (Wildman–Crippen MR) is 79.2 cm³/mol. The van der Waals surface area contributed by atoms with Crippen molar-refractivity contribution in [3.8, 4) is 0 Å². The maximum Gasteiger partial charge on any atom is 0.270 e. The summed E-state index contributed by atoms with van der Waals surface area (Å²) in [6.45, 7) is 2.18. The molecule has 0 spiro atoms. The fourth-order valence-electron chi connectivity index (χ4n) is 1.88. The number of sulfonamides is 1. The Morgan fingerprint density at radius 1 is 1.43 bits per heavy atom. The van der Waals surface area contributed by atoms with E-state index >= 15 is 0 Å². The molecule has 0 aliphatic rings. The number of nitro benzene ring substituents is 1. The second-order valence-electron chi connectivity index (χ2n) is 4.87. The molecule has 118 valence electrons. The summed E-state index contributed by atoms with van der Waals surface area (Å²) in [6, 6.07) is 3.04. The summed E-state index contributed by atoms with van der Waals surface area (Å²) in [5.41, 5.74) is 1.99. The molecule has 0 saturated heterocycles. The van der Waals surface area contributed by atoms with E-state index in [0.717, 1.165) is 6.07 Å². The molecule has 4 N–H and O–H groups in total. The van der Waals surface area contributed by atoms with Crippen LogP contribution in [-0.2, 0) is 10.0 Å². The number of hydrogen-bond donors (Lipinski definition) is 3. The first-order chi connectivity index (χ1) is 9.67. The normalized spacial score (nSPS) is 13.2. The van der Waals surface area contributed by atoms with Gasteiger partial charge in [0.25, 0.3) is 5.69 Å². The lowest BCUT2D eigenvalue weighted by molar-refractivity contribution is -0.385. The molecular weight excluding hydrogens is 298 g/mol. The lowest BCUT2D eigenvalue weighted by Gasteiger charge is -2.19. The number of hydrazine groups is 1. The molecule has 0 amide bonds. The van der Waals surface area contributed by atoms with Crippen LogP contribution in [0.4, 0.5) is 11.4 Å². The van der Waals surface area contributed by atoms with Gasteiger partial charge in [0, 0.05) is 24.7 Å². The smallest absolute Gasteiger partial charge is 0.270 e. The molecule has 1 aromatic carbocycles. The summed E-state index contributed by atoms with van der Waals surface area (Å²) >= 11 is 0. The van der Waals surface area contributed by atoms with E-state index in [4.69, 9.17) is 5.84 Å². The number of likely N-dealkylation sites (N-methyl/N-ethyl adjacent to an activating group) is 1. The molecule has 0 saturated carbocycles. The van der Waals surface area contributed by atoms with Crippen LogP contribution >= 0.6 is 0 Å². The van der Waals surface area contributed by atoms with E-state index < -0.39 is 14.9 Å².